The number of benzene rings is 1. The van der Waals surface area contributed by atoms with Gasteiger partial charge in [-0.1, -0.05) is 18.2 Å². The van der Waals surface area contributed by atoms with Crippen molar-refractivity contribution < 1.29 is 4.79 Å². The van der Waals surface area contributed by atoms with E-state index >= 15 is 0 Å². The summed E-state index contributed by atoms with van der Waals surface area (Å²) < 4.78 is 0. The summed E-state index contributed by atoms with van der Waals surface area (Å²) in [5, 5.41) is 3.38. The normalized spacial score (nSPS) is 10.4. The van der Waals surface area contributed by atoms with E-state index < -0.39 is 0 Å². The van der Waals surface area contributed by atoms with E-state index in [9.17, 15) is 4.79 Å². The summed E-state index contributed by atoms with van der Waals surface area (Å²) in [6, 6.07) is 8.02. The number of hydrogen-bond donors (Lipinski definition) is 1. The Balaban J connectivity index is 2.27. The average Bonchev–Trinajstić information content (AvgIpc) is 2.52. The molecule has 2 rings (SSSR count). The Labute approximate surface area is 132 Å². The predicted octanol–water partition coefficient (Wildman–Crippen LogP) is 3.92. The molecule has 4 heteroatoms. The summed E-state index contributed by atoms with van der Waals surface area (Å²) in [6.45, 7) is 9.48. The number of pyridine rings is 1. The Kier molecular flexibility index (Phi) is 5.15. The molecule has 22 heavy (non-hydrogen) atoms. The zero-order chi connectivity index (χ0) is 16.1. The van der Waals surface area contributed by atoms with E-state index in [2.05, 4.69) is 36.3 Å². The molecule has 0 saturated carbocycles. The van der Waals surface area contributed by atoms with Crippen molar-refractivity contribution >= 4 is 17.3 Å². The minimum atomic E-state index is 0.0163. The number of amides is 1. The van der Waals surface area contributed by atoms with Gasteiger partial charge in [0.2, 0.25) is 0 Å². The number of rotatable bonds is 5. The second kappa shape index (κ2) is 7.07. The van der Waals surface area contributed by atoms with Crippen LogP contribution in [-0.4, -0.2) is 28.9 Å². The Bertz CT molecular complexity index is 643. The quantitative estimate of drug-likeness (QED) is 0.909. The molecule has 0 atom stereocenters. The smallest absolute Gasteiger partial charge is 0.255 e. The van der Waals surface area contributed by atoms with Gasteiger partial charge in [-0.05, 0) is 44.9 Å². The van der Waals surface area contributed by atoms with Crippen LogP contribution < -0.4 is 5.32 Å². The maximum absolute atomic E-state index is 12.4. The second-order valence-electron chi connectivity index (χ2n) is 5.33. The third-order valence-electron chi connectivity index (χ3n) is 3.79. The first kappa shape index (κ1) is 16.0. The lowest BCUT2D eigenvalue weighted by Crippen LogP contribution is -2.30. The van der Waals surface area contributed by atoms with Crippen LogP contribution in [0, 0.1) is 13.8 Å². The fraction of sp³-hybridized carbons (Fsp3) is 0.333. The van der Waals surface area contributed by atoms with Crippen molar-refractivity contribution in [2.24, 2.45) is 0 Å². The number of nitrogens with zero attached hydrogens (tertiary/aromatic N) is 2. The number of carbonyl (C=O) groups excluding carboxylic acids is 1. The molecule has 0 spiro atoms. The molecule has 1 aromatic heterocycles. The summed E-state index contributed by atoms with van der Waals surface area (Å²) in [6.07, 6.45) is 3.36. The average molecular weight is 297 g/mol. The lowest BCUT2D eigenvalue weighted by molar-refractivity contribution is 0.0772. The van der Waals surface area contributed by atoms with Gasteiger partial charge in [0, 0.05) is 25.0 Å². The van der Waals surface area contributed by atoms with Gasteiger partial charge in [-0.15, -0.1) is 0 Å². The van der Waals surface area contributed by atoms with E-state index in [4.69, 9.17) is 0 Å². The van der Waals surface area contributed by atoms with Crippen LogP contribution in [-0.2, 0) is 0 Å². The molecule has 0 aliphatic carbocycles. The Hall–Kier alpha value is -2.36. The fourth-order valence-electron chi connectivity index (χ4n) is 2.47. The molecule has 1 aromatic carbocycles. The van der Waals surface area contributed by atoms with E-state index in [0.29, 0.717) is 18.7 Å². The molecule has 0 fully saturated rings. The molecule has 1 N–H and O–H groups in total. The van der Waals surface area contributed by atoms with Crippen LogP contribution in [0.4, 0.5) is 11.4 Å². The van der Waals surface area contributed by atoms with Gasteiger partial charge < -0.3 is 10.2 Å². The molecule has 4 nitrogen and oxygen atoms in total. The number of aromatic nitrogens is 1. The van der Waals surface area contributed by atoms with Crippen molar-refractivity contribution in [2.75, 3.05) is 18.4 Å². The molecule has 116 valence electrons. The van der Waals surface area contributed by atoms with E-state index in [1.165, 1.54) is 11.1 Å². The monoisotopic (exact) mass is 297 g/mol. The highest BCUT2D eigenvalue weighted by Gasteiger charge is 2.13. The number of para-hydroxylation sites is 1. The van der Waals surface area contributed by atoms with E-state index in [-0.39, 0.29) is 5.91 Å². The fourth-order valence-corrected chi connectivity index (χ4v) is 2.47. The minimum Gasteiger partial charge on any atom is -0.354 e. The van der Waals surface area contributed by atoms with Gasteiger partial charge in [0.15, 0.2) is 0 Å². The van der Waals surface area contributed by atoms with Gasteiger partial charge in [-0.2, -0.15) is 0 Å². The Morgan fingerprint density at radius 2 is 1.77 bits per heavy atom. The zero-order valence-corrected chi connectivity index (χ0v) is 13.7. The molecule has 0 aliphatic heterocycles. The van der Waals surface area contributed by atoms with Crippen molar-refractivity contribution in [3.8, 4) is 0 Å². The van der Waals surface area contributed by atoms with Crippen molar-refractivity contribution in [3.63, 3.8) is 0 Å². The molecule has 1 amide bonds. The summed E-state index contributed by atoms with van der Waals surface area (Å²) in [5.41, 5.74) is 4.84. The van der Waals surface area contributed by atoms with E-state index in [1.807, 2.05) is 26.0 Å². The van der Waals surface area contributed by atoms with Gasteiger partial charge in [0.25, 0.3) is 5.91 Å². The maximum atomic E-state index is 12.4. The van der Waals surface area contributed by atoms with Crippen molar-refractivity contribution in [2.45, 2.75) is 27.7 Å². The third-order valence-corrected chi connectivity index (χ3v) is 3.79. The number of nitrogens with one attached hydrogen (secondary N) is 1. The summed E-state index contributed by atoms with van der Waals surface area (Å²) >= 11 is 0. The van der Waals surface area contributed by atoms with Gasteiger partial charge in [0.1, 0.15) is 0 Å². The Morgan fingerprint density at radius 3 is 2.36 bits per heavy atom. The molecular weight excluding hydrogens is 274 g/mol. The first-order valence-corrected chi connectivity index (χ1v) is 7.64. The van der Waals surface area contributed by atoms with Crippen LogP contribution in [0.2, 0.25) is 0 Å². The van der Waals surface area contributed by atoms with Crippen LogP contribution >= 0.6 is 0 Å². The number of carbonyl (C=O) groups is 1. The van der Waals surface area contributed by atoms with Gasteiger partial charge >= 0.3 is 0 Å². The molecule has 0 saturated heterocycles. The second-order valence-corrected chi connectivity index (χ2v) is 5.33. The van der Waals surface area contributed by atoms with E-state index in [1.54, 1.807) is 17.3 Å². The van der Waals surface area contributed by atoms with Crippen LogP contribution in [0.3, 0.4) is 0 Å². The van der Waals surface area contributed by atoms with Crippen LogP contribution in [0.1, 0.15) is 35.3 Å². The van der Waals surface area contributed by atoms with Crippen LogP contribution in [0.25, 0.3) is 0 Å². The van der Waals surface area contributed by atoms with E-state index in [0.717, 1.165) is 11.4 Å². The maximum Gasteiger partial charge on any atom is 0.255 e. The first-order valence-electron chi connectivity index (χ1n) is 7.64. The standard InChI is InChI=1S/C18H23N3O/c1-5-21(6-2)18(22)15-10-16(12-19-11-15)20-17-13(3)8-7-9-14(17)4/h7-12,20H,5-6H2,1-4H3. The third kappa shape index (κ3) is 3.45. The van der Waals surface area contributed by atoms with Crippen molar-refractivity contribution in [3.05, 3.63) is 53.3 Å². The molecule has 1 heterocycles. The van der Waals surface area contributed by atoms with Gasteiger partial charge in [-0.25, -0.2) is 0 Å². The SMILES string of the molecule is CCN(CC)C(=O)c1cncc(Nc2c(C)cccc2C)c1. The number of anilines is 2. The van der Waals surface area contributed by atoms with Crippen LogP contribution in [0.15, 0.2) is 36.7 Å². The molecule has 0 aliphatic rings. The highest BCUT2D eigenvalue weighted by Crippen LogP contribution is 2.24. The predicted molar refractivity (Wildman–Crippen MR) is 90.7 cm³/mol. The number of aryl methyl sites for hydroxylation is 2. The lowest BCUT2D eigenvalue weighted by atomic mass is 10.1. The van der Waals surface area contributed by atoms with Gasteiger partial charge in [-0.3, -0.25) is 9.78 Å². The summed E-state index contributed by atoms with van der Waals surface area (Å²) in [7, 11) is 0. The van der Waals surface area contributed by atoms with Crippen molar-refractivity contribution in [1.82, 2.24) is 9.88 Å². The van der Waals surface area contributed by atoms with Gasteiger partial charge in [0.05, 0.1) is 17.4 Å². The molecular formula is C18H23N3O. The topological polar surface area (TPSA) is 45.2 Å². The largest absolute Gasteiger partial charge is 0.354 e. The molecule has 0 radical (unpaired) electrons. The number of hydrogen-bond acceptors (Lipinski definition) is 3. The van der Waals surface area contributed by atoms with Crippen molar-refractivity contribution in [1.29, 1.82) is 0 Å². The zero-order valence-electron chi connectivity index (χ0n) is 13.7. The highest BCUT2D eigenvalue weighted by molar-refractivity contribution is 5.95. The minimum absolute atomic E-state index is 0.0163. The molecule has 0 bridgehead atoms. The Morgan fingerprint density at radius 1 is 1.14 bits per heavy atom. The highest BCUT2D eigenvalue weighted by atomic mass is 16.2. The summed E-state index contributed by atoms with van der Waals surface area (Å²) in [4.78, 5) is 18.4. The lowest BCUT2D eigenvalue weighted by Gasteiger charge is -2.19. The molecule has 2 aromatic rings. The summed E-state index contributed by atoms with van der Waals surface area (Å²) in [5.74, 6) is 0.0163. The first-order chi connectivity index (χ1) is 10.6. The molecule has 0 unspecified atom stereocenters. The van der Waals surface area contributed by atoms with Crippen LogP contribution in [0.5, 0.6) is 0 Å².